The summed E-state index contributed by atoms with van der Waals surface area (Å²) in [7, 11) is 2.13. The first-order valence-corrected chi connectivity index (χ1v) is 8.37. The number of morpholine rings is 1. The Morgan fingerprint density at radius 1 is 1.15 bits per heavy atom. The number of nitrogens with one attached hydrogen (secondary N) is 1. The number of hydrogen-bond acceptors (Lipinski definition) is 3. The van der Waals surface area contributed by atoms with Crippen molar-refractivity contribution in [3.8, 4) is 0 Å². The molecule has 1 saturated carbocycles. The van der Waals surface area contributed by atoms with Gasteiger partial charge in [-0.1, -0.05) is 20.8 Å². The molecule has 1 aliphatic carbocycles. The van der Waals surface area contributed by atoms with Crippen molar-refractivity contribution in [2.24, 2.45) is 11.3 Å². The molecule has 1 aliphatic heterocycles. The van der Waals surface area contributed by atoms with Gasteiger partial charge in [0.2, 0.25) is 0 Å². The van der Waals surface area contributed by atoms with E-state index >= 15 is 0 Å². The first kappa shape index (κ1) is 16.3. The number of ether oxygens (including phenoxy) is 1. The second kappa shape index (κ2) is 6.33. The predicted molar refractivity (Wildman–Crippen MR) is 85.0 cm³/mol. The summed E-state index contributed by atoms with van der Waals surface area (Å²) in [6.07, 6.45) is 4.37. The van der Waals surface area contributed by atoms with Gasteiger partial charge in [-0.25, -0.2) is 0 Å². The minimum Gasteiger partial charge on any atom is -0.376 e. The highest BCUT2D eigenvalue weighted by Gasteiger charge is 2.40. The summed E-state index contributed by atoms with van der Waals surface area (Å²) < 4.78 is 5.81. The minimum atomic E-state index is 0.374. The molecule has 3 heteroatoms. The molecule has 20 heavy (non-hydrogen) atoms. The Morgan fingerprint density at radius 2 is 1.85 bits per heavy atom. The Kier molecular flexibility index (Phi) is 5.14. The van der Waals surface area contributed by atoms with Gasteiger partial charge >= 0.3 is 0 Å². The van der Waals surface area contributed by atoms with E-state index in [-0.39, 0.29) is 0 Å². The van der Waals surface area contributed by atoms with Gasteiger partial charge in [0.25, 0.3) is 0 Å². The minimum absolute atomic E-state index is 0.374. The van der Waals surface area contributed by atoms with Gasteiger partial charge in [-0.3, -0.25) is 4.90 Å². The lowest BCUT2D eigenvalue weighted by molar-refractivity contribution is -0.0834. The first-order valence-electron chi connectivity index (χ1n) is 8.37. The largest absolute Gasteiger partial charge is 0.376 e. The summed E-state index contributed by atoms with van der Waals surface area (Å²) in [5.41, 5.74) is 0.429. The van der Waals surface area contributed by atoms with Gasteiger partial charge in [0.1, 0.15) is 0 Å². The molecule has 2 aliphatic rings. The Balaban J connectivity index is 2.12. The SMILES string of the molecule is CNC1CCC(C(C)(C)C)CC1N1CC(C)OCC1C. The molecule has 1 heterocycles. The van der Waals surface area contributed by atoms with Crippen molar-refractivity contribution in [1.29, 1.82) is 0 Å². The summed E-state index contributed by atoms with van der Waals surface area (Å²) >= 11 is 0. The smallest absolute Gasteiger partial charge is 0.0674 e. The van der Waals surface area contributed by atoms with Gasteiger partial charge in [0, 0.05) is 24.7 Å². The number of rotatable bonds is 2. The molecule has 0 aromatic carbocycles. The lowest BCUT2D eigenvalue weighted by atomic mass is 9.69. The van der Waals surface area contributed by atoms with Crippen molar-refractivity contribution in [2.45, 2.75) is 78.1 Å². The van der Waals surface area contributed by atoms with Crippen molar-refractivity contribution in [3.05, 3.63) is 0 Å². The third kappa shape index (κ3) is 3.55. The van der Waals surface area contributed by atoms with Crippen molar-refractivity contribution in [3.63, 3.8) is 0 Å². The fourth-order valence-corrected chi connectivity index (χ4v) is 4.03. The molecule has 0 aromatic heterocycles. The molecule has 0 spiro atoms. The molecule has 0 aromatic rings. The number of nitrogens with zero attached hydrogens (tertiary/aromatic N) is 1. The molecule has 5 atom stereocenters. The molecular weight excluding hydrogens is 248 g/mol. The van der Waals surface area contributed by atoms with Crippen molar-refractivity contribution < 1.29 is 4.74 Å². The molecule has 1 saturated heterocycles. The lowest BCUT2D eigenvalue weighted by Crippen LogP contribution is -2.60. The zero-order valence-corrected chi connectivity index (χ0v) is 14.3. The van der Waals surface area contributed by atoms with Gasteiger partial charge in [-0.15, -0.1) is 0 Å². The van der Waals surface area contributed by atoms with E-state index in [1.54, 1.807) is 0 Å². The molecule has 3 nitrogen and oxygen atoms in total. The van der Waals surface area contributed by atoms with Crippen LogP contribution in [-0.4, -0.2) is 49.3 Å². The number of hydrogen-bond donors (Lipinski definition) is 1. The van der Waals surface area contributed by atoms with E-state index in [4.69, 9.17) is 4.74 Å². The maximum atomic E-state index is 5.81. The molecule has 118 valence electrons. The molecule has 0 bridgehead atoms. The molecule has 0 radical (unpaired) electrons. The second-order valence-electron chi connectivity index (χ2n) is 8.03. The molecule has 1 N–H and O–H groups in total. The van der Waals surface area contributed by atoms with Gasteiger partial charge in [-0.05, 0) is 51.5 Å². The average molecular weight is 282 g/mol. The summed E-state index contributed by atoms with van der Waals surface area (Å²) in [6, 6.07) is 1.85. The van der Waals surface area contributed by atoms with E-state index in [2.05, 4.69) is 51.9 Å². The van der Waals surface area contributed by atoms with E-state index in [1.807, 2.05) is 0 Å². The van der Waals surface area contributed by atoms with Crippen LogP contribution in [-0.2, 0) is 4.74 Å². The fraction of sp³-hybridized carbons (Fsp3) is 1.00. The summed E-state index contributed by atoms with van der Waals surface area (Å²) in [6.45, 7) is 13.7. The zero-order valence-electron chi connectivity index (χ0n) is 14.3. The highest BCUT2D eigenvalue weighted by Crippen LogP contribution is 2.40. The van der Waals surface area contributed by atoms with Crippen LogP contribution in [0, 0.1) is 11.3 Å². The second-order valence-corrected chi connectivity index (χ2v) is 8.03. The lowest BCUT2D eigenvalue weighted by Gasteiger charge is -2.50. The molecule has 2 fully saturated rings. The fourth-order valence-electron chi connectivity index (χ4n) is 4.03. The van der Waals surface area contributed by atoms with E-state index in [1.165, 1.54) is 19.3 Å². The molecule has 2 rings (SSSR count). The standard InChI is InChI=1S/C17H34N2O/c1-12-11-20-13(2)10-19(12)16-9-14(17(3,4)5)7-8-15(16)18-6/h12-16,18H,7-11H2,1-6H3. The Hall–Kier alpha value is -0.120. The molecule has 0 amide bonds. The maximum absolute atomic E-state index is 5.81. The highest BCUT2D eigenvalue weighted by molar-refractivity contribution is 4.96. The Labute approximate surface area is 125 Å². The third-order valence-electron chi connectivity index (χ3n) is 5.49. The van der Waals surface area contributed by atoms with Crippen molar-refractivity contribution >= 4 is 0 Å². The average Bonchev–Trinajstić information content (AvgIpc) is 2.40. The van der Waals surface area contributed by atoms with Crippen LogP contribution in [0.1, 0.15) is 53.9 Å². The third-order valence-corrected chi connectivity index (χ3v) is 5.49. The summed E-state index contributed by atoms with van der Waals surface area (Å²) in [5.74, 6) is 0.836. The van der Waals surface area contributed by atoms with Crippen LogP contribution < -0.4 is 5.32 Å². The highest BCUT2D eigenvalue weighted by atomic mass is 16.5. The van der Waals surface area contributed by atoms with Crippen LogP contribution >= 0.6 is 0 Å². The number of likely N-dealkylation sites (N-methyl/N-ethyl adjacent to an activating group) is 1. The van der Waals surface area contributed by atoms with E-state index in [0.29, 0.717) is 29.6 Å². The Morgan fingerprint density at radius 3 is 2.45 bits per heavy atom. The zero-order chi connectivity index (χ0) is 14.9. The maximum Gasteiger partial charge on any atom is 0.0674 e. The van der Waals surface area contributed by atoms with Crippen LogP contribution in [0.15, 0.2) is 0 Å². The summed E-state index contributed by atoms with van der Waals surface area (Å²) in [4.78, 5) is 2.72. The first-order chi connectivity index (χ1) is 9.32. The van der Waals surface area contributed by atoms with Gasteiger partial charge in [-0.2, -0.15) is 0 Å². The topological polar surface area (TPSA) is 24.5 Å². The van der Waals surface area contributed by atoms with Gasteiger partial charge < -0.3 is 10.1 Å². The van der Waals surface area contributed by atoms with Crippen LogP contribution in [0.4, 0.5) is 0 Å². The van der Waals surface area contributed by atoms with Crippen LogP contribution in [0.3, 0.4) is 0 Å². The monoisotopic (exact) mass is 282 g/mol. The Bertz CT molecular complexity index is 313. The van der Waals surface area contributed by atoms with E-state index in [0.717, 1.165) is 19.1 Å². The van der Waals surface area contributed by atoms with Crippen molar-refractivity contribution in [1.82, 2.24) is 10.2 Å². The quantitative estimate of drug-likeness (QED) is 0.843. The normalized spacial score (nSPS) is 40.8. The molecule has 5 unspecified atom stereocenters. The van der Waals surface area contributed by atoms with Crippen LogP contribution in [0.2, 0.25) is 0 Å². The van der Waals surface area contributed by atoms with Crippen molar-refractivity contribution in [2.75, 3.05) is 20.2 Å². The summed E-state index contributed by atoms with van der Waals surface area (Å²) in [5, 5.41) is 3.58. The van der Waals surface area contributed by atoms with Gasteiger partial charge in [0.05, 0.1) is 12.7 Å². The van der Waals surface area contributed by atoms with Crippen LogP contribution in [0.5, 0.6) is 0 Å². The van der Waals surface area contributed by atoms with E-state index < -0.39 is 0 Å². The molecular formula is C17H34N2O. The van der Waals surface area contributed by atoms with Gasteiger partial charge in [0.15, 0.2) is 0 Å². The van der Waals surface area contributed by atoms with Crippen LogP contribution in [0.25, 0.3) is 0 Å². The van der Waals surface area contributed by atoms with E-state index in [9.17, 15) is 0 Å². The predicted octanol–water partition coefficient (Wildman–Crippen LogP) is 2.90.